The van der Waals surface area contributed by atoms with Crippen molar-refractivity contribution in [3.63, 3.8) is 0 Å². The molecule has 33 heavy (non-hydrogen) atoms. The van der Waals surface area contributed by atoms with Gasteiger partial charge in [0.15, 0.2) is 5.96 Å². The molecule has 2 fully saturated rings. The van der Waals surface area contributed by atoms with E-state index in [-0.39, 0.29) is 23.4 Å². The van der Waals surface area contributed by atoms with Gasteiger partial charge in [0.05, 0.1) is 5.56 Å². The maximum absolute atomic E-state index is 13.9. The molecule has 0 aromatic carbocycles. The van der Waals surface area contributed by atoms with Gasteiger partial charge in [-0.15, -0.1) is 0 Å². The molecule has 8 heteroatoms. The van der Waals surface area contributed by atoms with Crippen LogP contribution in [0, 0.1) is 17.8 Å². The number of nitrogens with two attached hydrogens (primary N) is 1. The molecule has 4 rings (SSSR count). The van der Waals surface area contributed by atoms with Crippen molar-refractivity contribution >= 4 is 17.8 Å². The Morgan fingerprint density at radius 3 is 2.67 bits per heavy atom. The van der Waals surface area contributed by atoms with Gasteiger partial charge in [-0.05, 0) is 56.1 Å². The number of carbonyl (C=O) groups is 2. The van der Waals surface area contributed by atoms with E-state index in [4.69, 9.17) is 10.7 Å². The van der Waals surface area contributed by atoms with Crippen LogP contribution in [0.15, 0.2) is 23.3 Å². The van der Waals surface area contributed by atoms with E-state index in [2.05, 4.69) is 10.3 Å². The number of hydrogen-bond donors (Lipinski definition) is 2. The Labute approximate surface area is 195 Å². The number of amides is 2. The van der Waals surface area contributed by atoms with Crippen molar-refractivity contribution in [3.8, 4) is 0 Å². The minimum absolute atomic E-state index is 0.000556. The van der Waals surface area contributed by atoms with Crippen molar-refractivity contribution in [1.29, 1.82) is 0 Å². The van der Waals surface area contributed by atoms with Crippen LogP contribution in [0.25, 0.3) is 0 Å². The van der Waals surface area contributed by atoms with Gasteiger partial charge in [-0.2, -0.15) is 4.39 Å². The van der Waals surface area contributed by atoms with Gasteiger partial charge < -0.3 is 11.1 Å². The van der Waals surface area contributed by atoms with Crippen molar-refractivity contribution in [1.82, 2.24) is 15.2 Å². The van der Waals surface area contributed by atoms with E-state index < -0.39 is 17.4 Å². The molecule has 1 aromatic heterocycles. The second-order valence-electron chi connectivity index (χ2n) is 10.2. The summed E-state index contributed by atoms with van der Waals surface area (Å²) in [5.74, 6) is 0.0288. The SMILES string of the molecule is CN1C(=O)[C@@](CCC2CCCCC2)(C[C@H]2CCC[C@@H](NC(=O)c3cccnc3F)C2)N=C1N. The average molecular weight is 458 g/mol. The molecule has 3 aliphatic rings. The predicted molar refractivity (Wildman–Crippen MR) is 125 cm³/mol. The third-order valence-corrected chi connectivity index (χ3v) is 7.81. The third kappa shape index (κ3) is 5.36. The van der Waals surface area contributed by atoms with Gasteiger partial charge in [0.25, 0.3) is 11.8 Å². The van der Waals surface area contributed by atoms with Gasteiger partial charge in [0.1, 0.15) is 5.54 Å². The second-order valence-corrected chi connectivity index (χ2v) is 10.2. The highest BCUT2D eigenvalue weighted by Gasteiger charge is 2.48. The summed E-state index contributed by atoms with van der Waals surface area (Å²) in [5, 5.41) is 2.98. The molecule has 0 saturated heterocycles. The Kier molecular flexibility index (Phi) is 7.29. The molecule has 0 radical (unpaired) electrons. The van der Waals surface area contributed by atoms with Crippen LogP contribution in [0.3, 0.4) is 0 Å². The maximum atomic E-state index is 13.9. The van der Waals surface area contributed by atoms with Crippen molar-refractivity contribution in [2.75, 3.05) is 7.05 Å². The second kappa shape index (κ2) is 10.2. The van der Waals surface area contributed by atoms with Gasteiger partial charge in [-0.25, -0.2) is 9.98 Å². The Balaban J connectivity index is 1.42. The Morgan fingerprint density at radius 2 is 1.97 bits per heavy atom. The Morgan fingerprint density at radius 1 is 1.21 bits per heavy atom. The van der Waals surface area contributed by atoms with Crippen LogP contribution < -0.4 is 11.1 Å². The summed E-state index contributed by atoms with van der Waals surface area (Å²) in [4.78, 5) is 35.6. The standard InChI is InChI=1S/C25H36FN5O2/c1-31-23(33)25(30-24(31)27,13-12-17-7-3-2-4-8-17)16-18-9-5-10-19(15-18)29-22(32)20-11-6-14-28-21(20)26/h6,11,14,17-19H,2-5,7-10,12-13,15-16H2,1H3,(H2,27,30)(H,29,32)/t18-,19+,25+/m0/s1. The molecule has 2 heterocycles. The number of pyridine rings is 1. The molecule has 1 aromatic rings. The minimum Gasteiger partial charge on any atom is -0.369 e. The summed E-state index contributed by atoms with van der Waals surface area (Å²) in [5.41, 5.74) is 5.26. The minimum atomic E-state index is -0.789. The fourth-order valence-electron chi connectivity index (χ4n) is 5.98. The number of nitrogens with zero attached hydrogens (tertiary/aromatic N) is 3. The summed E-state index contributed by atoms with van der Waals surface area (Å²) in [6.45, 7) is 0. The number of likely N-dealkylation sites (N-methyl/N-ethyl adjacent to an activating group) is 1. The molecule has 180 valence electrons. The van der Waals surface area contributed by atoms with E-state index >= 15 is 0 Å². The number of carbonyl (C=O) groups excluding carboxylic acids is 2. The molecule has 7 nitrogen and oxygen atoms in total. The molecule has 2 aliphatic carbocycles. The van der Waals surface area contributed by atoms with Crippen LogP contribution >= 0.6 is 0 Å². The van der Waals surface area contributed by atoms with Crippen LogP contribution in [0.2, 0.25) is 0 Å². The Hall–Kier alpha value is -2.51. The number of aromatic nitrogens is 1. The maximum Gasteiger partial charge on any atom is 0.257 e. The summed E-state index contributed by atoms with van der Waals surface area (Å²) >= 11 is 0. The average Bonchev–Trinajstić information content (AvgIpc) is 3.02. The lowest BCUT2D eigenvalue weighted by Gasteiger charge is -2.35. The number of hydrogen-bond acceptors (Lipinski definition) is 5. The highest BCUT2D eigenvalue weighted by molar-refractivity contribution is 6.06. The molecular formula is C25H36FN5O2. The normalized spacial score (nSPS) is 28.6. The first-order chi connectivity index (χ1) is 15.9. The lowest BCUT2D eigenvalue weighted by molar-refractivity contribution is -0.131. The van der Waals surface area contributed by atoms with Crippen LogP contribution in [-0.2, 0) is 4.79 Å². The molecule has 0 spiro atoms. The first kappa shape index (κ1) is 23.6. The highest BCUT2D eigenvalue weighted by Crippen LogP contribution is 2.40. The zero-order chi connectivity index (χ0) is 23.4. The zero-order valence-corrected chi connectivity index (χ0v) is 19.6. The van der Waals surface area contributed by atoms with E-state index in [1.54, 1.807) is 13.1 Å². The Bertz CT molecular complexity index is 901. The van der Waals surface area contributed by atoms with Crippen molar-refractivity contribution in [3.05, 3.63) is 29.8 Å². The van der Waals surface area contributed by atoms with Crippen LogP contribution in [0.5, 0.6) is 0 Å². The van der Waals surface area contributed by atoms with Crippen molar-refractivity contribution < 1.29 is 14.0 Å². The fourth-order valence-corrected chi connectivity index (χ4v) is 5.98. The van der Waals surface area contributed by atoms with E-state index in [0.717, 1.165) is 38.5 Å². The fraction of sp³-hybridized carbons (Fsp3) is 0.680. The monoisotopic (exact) mass is 457 g/mol. The molecular weight excluding hydrogens is 421 g/mol. The van der Waals surface area contributed by atoms with Gasteiger partial charge in [0, 0.05) is 19.3 Å². The lowest BCUT2D eigenvalue weighted by Crippen LogP contribution is -2.45. The molecule has 1 aliphatic heterocycles. The quantitative estimate of drug-likeness (QED) is 0.609. The van der Waals surface area contributed by atoms with Gasteiger partial charge in [-0.1, -0.05) is 44.9 Å². The number of halogens is 1. The van der Waals surface area contributed by atoms with Crippen LogP contribution in [-0.4, -0.2) is 46.3 Å². The van der Waals surface area contributed by atoms with Crippen LogP contribution in [0.4, 0.5) is 4.39 Å². The molecule has 2 amide bonds. The molecule has 3 atom stereocenters. The number of rotatable bonds is 7. The van der Waals surface area contributed by atoms with E-state index in [0.29, 0.717) is 18.3 Å². The third-order valence-electron chi connectivity index (χ3n) is 7.81. The first-order valence-electron chi connectivity index (χ1n) is 12.4. The number of guanidine groups is 1. The molecule has 0 bridgehead atoms. The van der Waals surface area contributed by atoms with Gasteiger partial charge in [-0.3, -0.25) is 14.5 Å². The molecule has 3 N–H and O–H groups in total. The van der Waals surface area contributed by atoms with E-state index in [1.165, 1.54) is 49.3 Å². The topological polar surface area (TPSA) is 101 Å². The first-order valence-corrected chi connectivity index (χ1v) is 12.4. The summed E-state index contributed by atoms with van der Waals surface area (Å²) in [7, 11) is 1.70. The van der Waals surface area contributed by atoms with Gasteiger partial charge in [0.2, 0.25) is 5.95 Å². The number of nitrogens with one attached hydrogen (secondary N) is 1. The van der Waals surface area contributed by atoms with Crippen molar-refractivity contribution in [2.24, 2.45) is 22.6 Å². The van der Waals surface area contributed by atoms with E-state index in [1.807, 2.05) is 0 Å². The zero-order valence-electron chi connectivity index (χ0n) is 19.6. The highest BCUT2D eigenvalue weighted by atomic mass is 19.1. The molecule has 0 unspecified atom stereocenters. The largest absolute Gasteiger partial charge is 0.369 e. The smallest absolute Gasteiger partial charge is 0.257 e. The lowest BCUT2D eigenvalue weighted by atomic mass is 9.74. The van der Waals surface area contributed by atoms with Gasteiger partial charge >= 0.3 is 0 Å². The number of aliphatic imine (C=N–C) groups is 1. The van der Waals surface area contributed by atoms with Crippen molar-refractivity contribution in [2.45, 2.75) is 88.6 Å². The van der Waals surface area contributed by atoms with E-state index in [9.17, 15) is 14.0 Å². The van der Waals surface area contributed by atoms with Crippen LogP contribution in [0.1, 0.15) is 87.4 Å². The summed E-state index contributed by atoms with van der Waals surface area (Å²) in [6.07, 6.45) is 13.6. The predicted octanol–water partition coefficient (Wildman–Crippen LogP) is 3.79. The molecule has 2 saturated carbocycles. The summed E-state index contributed by atoms with van der Waals surface area (Å²) < 4.78 is 13.9. The summed E-state index contributed by atoms with van der Waals surface area (Å²) in [6, 6.07) is 2.95.